The minimum absolute atomic E-state index is 0.301. The maximum Gasteiger partial charge on any atom is 0.140 e. The van der Waals surface area contributed by atoms with Crippen LogP contribution in [0.3, 0.4) is 0 Å². The number of nitrogens with two attached hydrogens (primary N) is 1. The minimum atomic E-state index is 0.301. The van der Waals surface area contributed by atoms with Crippen LogP contribution < -0.4 is 5.73 Å². The first-order valence-electron chi connectivity index (χ1n) is 6.25. The molecule has 1 aliphatic rings. The van der Waals surface area contributed by atoms with Gasteiger partial charge < -0.3 is 20.6 Å². The summed E-state index contributed by atoms with van der Waals surface area (Å²) in [5.41, 5.74) is 5.46. The number of oxime groups is 1. The summed E-state index contributed by atoms with van der Waals surface area (Å²) >= 11 is 0. The molecule has 1 heterocycles. The molecule has 1 saturated heterocycles. The maximum atomic E-state index is 8.48. The summed E-state index contributed by atoms with van der Waals surface area (Å²) in [6, 6.07) is 0. The van der Waals surface area contributed by atoms with Crippen molar-refractivity contribution in [3.05, 3.63) is 0 Å². The van der Waals surface area contributed by atoms with Gasteiger partial charge in [0.05, 0.1) is 13.2 Å². The lowest BCUT2D eigenvalue weighted by Crippen LogP contribution is -2.42. The number of morpholine rings is 1. The average molecular weight is 244 g/mol. The highest BCUT2D eigenvalue weighted by atomic mass is 16.5. The van der Waals surface area contributed by atoms with Crippen LogP contribution in [0, 0.1) is 0 Å². The van der Waals surface area contributed by atoms with E-state index in [1.807, 2.05) is 0 Å². The Hall–Kier alpha value is -0.850. The van der Waals surface area contributed by atoms with Crippen molar-refractivity contribution in [3.63, 3.8) is 0 Å². The van der Waals surface area contributed by atoms with E-state index in [9.17, 15) is 0 Å². The average Bonchev–Trinajstić information content (AvgIpc) is 2.39. The molecule has 0 aromatic rings. The molecule has 0 radical (unpaired) electrons. The number of amidine groups is 1. The van der Waals surface area contributed by atoms with Crippen molar-refractivity contribution in [1.82, 2.24) is 9.80 Å². The van der Waals surface area contributed by atoms with Gasteiger partial charge in [0.2, 0.25) is 0 Å². The van der Waals surface area contributed by atoms with Crippen LogP contribution in [0.4, 0.5) is 0 Å². The lowest BCUT2D eigenvalue weighted by atomic mass is 10.3. The molecule has 0 amide bonds. The molecule has 1 fully saturated rings. The van der Waals surface area contributed by atoms with E-state index in [1.54, 1.807) is 0 Å². The highest BCUT2D eigenvalue weighted by molar-refractivity contribution is 5.79. The van der Waals surface area contributed by atoms with Gasteiger partial charge in [-0.05, 0) is 6.54 Å². The van der Waals surface area contributed by atoms with Gasteiger partial charge in [-0.2, -0.15) is 0 Å². The Morgan fingerprint density at radius 2 is 2.12 bits per heavy atom. The number of rotatable bonds is 7. The molecule has 0 unspecified atom stereocenters. The van der Waals surface area contributed by atoms with E-state index >= 15 is 0 Å². The molecule has 0 aromatic heterocycles. The molecule has 17 heavy (non-hydrogen) atoms. The van der Waals surface area contributed by atoms with Crippen molar-refractivity contribution < 1.29 is 9.94 Å². The van der Waals surface area contributed by atoms with E-state index in [0.717, 1.165) is 52.5 Å². The van der Waals surface area contributed by atoms with Crippen molar-refractivity contribution in [2.24, 2.45) is 10.9 Å². The van der Waals surface area contributed by atoms with Crippen molar-refractivity contribution in [2.45, 2.75) is 13.3 Å². The Balaban J connectivity index is 2.17. The summed E-state index contributed by atoms with van der Waals surface area (Å²) in [4.78, 5) is 4.73. The predicted octanol–water partition coefficient (Wildman–Crippen LogP) is -0.223. The Morgan fingerprint density at radius 1 is 1.41 bits per heavy atom. The number of hydrogen-bond acceptors (Lipinski definition) is 5. The molecule has 6 nitrogen and oxygen atoms in total. The van der Waals surface area contributed by atoms with Crippen LogP contribution >= 0.6 is 0 Å². The Kier molecular flexibility index (Phi) is 6.91. The van der Waals surface area contributed by atoms with Gasteiger partial charge in [0, 0.05) is 39.1 Å². The molecule has 1 aliphatic heterocycles. The molecule has 0 aliphatic carbocycles. The van der Waals surface area contributed by atoms with E-state index in [0.29, 0.717) is 12.3 Å². The van der Waals surface area contributed by atoms with E-state index in [1.165, 1.54) is 0 Å². The molecule has 0 atom stereocenters. The molecule has 6 heteroatoms. The molecule has 0 saturated carbocycles. The van der Waals surface area contributed by atoms with Crippen LogP contribution in [0.2, 0.25) is 0 Å². The molecule has 100 valence electrons. The smallest absolute Gasteiger partial charge is 0.140 e. The molecular weight excluding hydrogens is 220 g/mol. The third-order valence-electron chi connectivity index (χ3n) is 3.10. The van der Waals surface area contributed by atoms with E-state index in [4.69, 9.17) is 15.7 Å². The normalized spacial score (nSPS) is 18.8. The first-order valence-corrected chi connectivity index (χ1v) is 6.25. The molecule has 3 N–H and O–H groups in total. The quantitative estimate of drug-likeness (QED) is 0.280. The number of ether oxygens (including phenoxy) is 1. The van der Waals surface area contributed by atoms with Gasteiger partial charge in [0.25, 0.3) is 0 Å². The standard InChI is InChI=1S/C11H24N4O2/c1-2-14(4-3-11(12)13-16)5-6-15-7-9-17-10-8-15/h16H,2-10H2,1H3,(H2,12,13). The lowest BCUT2D eigenvalue weighted by Gasteiger charge is -2.29. The van der Waals surface area contributed by atoms with Crippen LogP contribution in [-0.4, -0.2) is 73.3 Å². The lowest BCUT2D eigenvalue weighted by molar-refractivity contribution is 0.0337. The van der Waals surface area contributed by atoms with Crippen LogP contribution in [0.25, 0.3) is 0 Å². The van der Waals surface area contributed by atoms with Gasteiger partial charge in [0.15, 0.2) is 0 Å². The summed E-state index contributed by atoms with van der Waals surface area (Å²) in [6.07, 6.45) is 0.619. The number of likely N-dealkylation sites (N-methyl/N-ethyl adjacent to an activating group) is 1. The monoisotopic (exact) mass is 244 g/mol. The maximum absolute atomic E-state index is 8.48. The van der Waals surface area contributed by atoms with Crippen LogP contribution in [0.15, 0.2) is 5.16 Å². The molecule has 0 spiro atoms. The molecule has 1 rings (SSSR count). The molecule has 0 bridgehead atoms. The van der Waals surface area contributed by atoms with E-state index in [-0.39, 0.29) is 0 Å². The summed E-state index contributed by atoms with van der Waals surface area (Å²) in [7, 11) is 0. The van der Waals surface area contributed by atoms with Crippen molar-refractivity contribution in [1.29, 1.82) is 0 Å². The predicted molar refractivity (Wildman–Crippen MR) is 67.4 cm³/mol. The Morgan fingerprint density at radius 3 is 2.71 bits per heavy atom. The zero-order valence-corrected chi connectivity index (χ0v) is 10.6. The van der Waals surface area contributed by atoms with Crippen LogP contribution in [-0.2, 0) is 4.74 Å². The first kappa shape index (κ1) is 14.2. The van der Waals surface area contributed by atoms with Crippen molar-refractivity contribution in [3.8, 4) is 0 Å². The number of nitrogens with zero attached hydrogens (tertiary/aromatic N) is 3. The topological polar surface area (TPSA) is 74.3 Å². The van der Waals surface area contributed by atoms with Crippen LogP contribution in [0.5, 0.6) is 0 Å². The summed E-state index contributed by atoms with van der Waals surface area (Å²) in [6.45, 7) is 9.79. The third kappa shape index (κ3) is 5.86. The Labute approximate surface area is 103 Å². The minimum Gasteiger partial charge on any atom is -0.409 e. The van der Waals surface area contributed by atoms with E-state index in [2.05, 4.69) is 21.9 Å². The summed E-state index contributed by atoms with van der Waals surface area (Å²) < 4.78 is 5.31. The van der Waals surface area contributed by atoms with Gasteiger partial charge in [-0.1, -0.05) is 12.1 Å². The third-order valence-corrected chi connectivity index (χ3v) is 3.10. The molecular formula is C11H24N4O2. The highest BCUT2D eigenvalue weighted by Crippen LogP contribution is 1.98. The second-order valence-corrected chi connectivity index (χ2v) is 4.23. The summed E-state index contributed by atoms with van der Waals surface area (Å²) in [5.74, 6) is 0.301. The zero-order chi connectivity index (χ0) is 12.5. The summed E-state index contributed by atoms with van der Waals surface area (Å²) in [5, 5.41) is 11.5. The van der Waals surface area contributed by atoms with Gasteiger partial charge in [-0.25, -0.2) is 0 Å². The van der Waals surface area contributed by atoms with Crippen LogP contribution in [0.1, 0.15) is 13.3 Å². The Bertz CT molecular complexity index is 230. The van der Waals surface area contributed by atoms with Gasteiger partial charge in [-0.3, -0.25) is 4.90 Å². The zero-order valence-electron chi connectivity index (χ0n) is 10.6. The first-order chi connectivity index (χ1) is 8.26. The second kappa shape index (κ2) is 8.27. The molecule has 0 aromatic carbocycles. The highest BCUT2D eigenvalue weighted by Gasteiger charge is 2.11. The fourth-order valence-corrected chi connectivity index (χ4v) is 1.86. The van der Waals surface area contributed by atoms with E-state index < -0.39 is 0 Å². The fraction of sp³-hybridized carbons (Fsp3) is 0.909. The SMILES string of the molecule is CCN(CC/C(N)=N/O)CCN1CCOCC1. The van der Waals surface area contributed by atoms with Gasteiger partial charge in [-0.15, -0.1) is 0 Å². The van der Waals surface area contributed by atoms with Crippen molar-refractivity contribution in [2.75, 3.05) is 52.5 Å². The largest absolute Gasteiger partial charge is 0.409 e. The van der Waals surface area contributed by atoms with Crippen molar-refractivity contribution >= 4 is 5.84 Å². The van der Waals surface area contributed by atoms with Gasteiger partial charge in [0.1, 0.15) is 5.84 Å². The second-order valence-electron chi connectivity index (χ2n) is 4.23. The number of hydrogen-bond donors (Lipinski definition) is 2. The van der Waals surface area contributed by atoms with Gasteiger partial charge >= 0.3 is 0 Å². The fourth-order valence-electron chi connectivity index (χ4n) is 1.86.